The van der Waals surface area contributed by atoms with Crippen molar-refractivity contribution >= 4 is 56.9 Å². The Hall–Kier alpha value is -6.94. The Kier molecular flexibility index (Phi) is 12.5. The Bertz CT molecular complexity index is 3630. The lowest BCUT2D eigenvalue weighted by Crippen LogP contribution is -2.54. The summed E-state index contributed by atoms with van der Waals surface area (Å²) in [5, 5.41) is 11.9. The molecule has 9 heterocycles. The fourth-order valence-corrected chi connectivity index (χ4v) is 12.6. The van der Waals surface area contributed by atoms with E-state index in [0.717, 1.165) is 54.9 Å². The van der Waals surface area contributed by atoms with E-state index in [4.69, 9.17) is 46.3 Å². The number of cyclic esters (lactones) is 1. The predicted octanol–water partition coefficient (Wildman–Crippen LogP) is 7.65. The number of morpholine rings is 1. The van der Waals surface area contributed by atoms with Crippen molar-refractivity contribution < 1.29 is 51.2 Å². The van der Waals surface area contributed by atoms with E-state index in [0.29, 0.717) is 41.7 Å². The normalized spacial score (nSPS) is 22.2. The van der Waals surface area contributed by atoms with Crippen molar-refractivity contribution in [2.75, 3.05) is 63.2 Å². The molecule has 6 aliphatic rings. The number of aryl methyl sites for hydroxylation is 2. The second-order valence-corrected chi connectivity index (χ2v) is 22.1. The van der Waals surface area contributed by atoms with Crippen LogP contribution in [-0.4, -0.2) is 122 Å². The van der Waals surface area contributed by atoms with Gasteiger partial charge in [0, 0.05) is 77.7 Å². The van der Waals surface area contributed by atoms with Gasteiger partial charge in [0.25, 0.3) is 11.5 Å². The summed E-state index contributed by atoms with van der Waals surface area (Å²) in [6.07, 6.45) is -1.30. The Labute approximate surface area is 449 Å². The first kappa shape index (κ1) is 51.8. The van der Waals surface area contributed by atoms with Crippen LogP contribution in [0, 0.1) is 18.2 Å². The number of alkyl halides is 3. The zero-order chi connectivity index (χ0) is 54.9. The number of nitrogens with zero attached hydrogens (tertiary/aromatic N) is 8. The number of esters is 1. The van der Waals surface area contributed by atoms with Crippen LogP contribution in [0.25, 0.3) is 44.5 Å². The van der Waals surface area contributed by atoms with Gasteiger partial charge in [0.05, 0.1) is 70.2 Å². The first-order chi connectivity index (χ1) is 37.2. The number of anilines is 2. The number of piperazine rings is 1. The number of fused-ring (bicyclic) bond motifs is 8. The van der Waals surface area contributed by atoms with Gasteiger partial charge in [-0.05, 0) is 93.5 Å². The van der Waals surface area contributed by atoms with E-state index < -0.39 is 46.4 Å². The second-order valence-electron chi connectivity index (χ2n) is 21.7. The first-order valence-corrected chi connectivity index (χ1v) is 26.6. The van der Waals surface area contributed by atoms with Crippen LogP contribution in [0.4, 0.5) is 29.2 Å². The lowest BCUT2D eigenvalue weighted by atomic mass is 9.86. The van der Waals surface area contributed by atoms with E-state index in [1.165, 1.54) is 13.0 Å². The fraction of sp³-hybridized carbons (Fsp3) is 0.446. The predicted molar refractivity (Wildman–Crippen MR) is 281 cm³/mol. The molecule has 5 aliphatic heterocycles. The van der Waals surface area contributed by atoms with Crippen molar-refractivity contribution in [3.05, 3.63) is 103 Å². The summed E-state index contributed by atoms with van der Waals surface area (Å²) in [6.45, 7) is 13.8. The monoisotopic (exact) mass is 1090 g/mol. The van der Waals surface area contributed by atoms with E-state index in [2.05, 4.69) is 21.4 Å². The van der Waals surface area contributed by atoms with Crippen molar-refractivity contribution in [3.63, 3.8) is 0 Å². The lowest BCUT2D eigenvalue weighted by molar-refractivity contribution is -0.172. The van der Waals surface area contributed by atoms with Crippen molar-refractivity contribution in [1.29, 1.82) is 0 Å². The third kappa shape index (κ3) is 8.58. The number of ether oxygens (including phenoxy) is 4. The van der Waals surface area contributed by atoms with Gasteiger partial charge in [-0.3, -0.25) is 14.5 Å². The third-order valence-corrected chi connectivity index (χ3v) is 16.9. The Balaban J connectivity index is 0.785. The van der Waals surface area contributed by atoms with Gasteiger partial charge in [-0.1, -0.05) is 32.0 Å². The molecular formula is C56H56ClF4N9O8. The van der Waals surface area contributed by atoms with Gasteiger partial charge in [-0.2, -0.15) is 23.1 Å². The van der Waals surface area contributed by atoms with Gasteiger partial charge in [0.1, 0.15) is 36.1 Å². The number of carbonyl (C=O) groups is 2. The molecule has 12 rings (SSSR count). The highest BCUT2D eigenvalue weighted by molar-refractivity contribution is 6.34. The summed E-state index contributed by atoms with van der Waals surface area (Å²) in [7, 11) is 0. The molecule has 4 fully saturated rings. The van der Waals surface area contributed by atoms with Crippen LogP contribution >= 0.6 is 11.6 Å². The summed E-state index contributed by atoms with van der Waals surface area (Å²) >= 11 is 6.78. The number of likely N-dealkylation sites (tertiary alicyclic amines) is 1. The molecule has 1 aliphatic carbocycles. The van der Waals surface area contributed by atoms with E-state index in [9.17, 15) is 32.7 Å². The van der Waals surface area contributed by atoms with Gasteiger partial charge < -0.3 is 44.2 Å². The molecule has 3 N–H and O–H groups in total. The van der Waals surface area contributed by atoms with E-state index in [-0.39, 0.29) is 131 Å². The van der Waals surface area contributed by atoms with Gasteiger partial charge in [0.15, 0.2) is 11.4 Å². The molecule has 0 spiro atoms. The molecule has 0 radical (unpaired) electrons. The van der Waals surface area contributed by atoms with Crippen molar-refractivity contribution in [3.8, 4) is 34.4 Å². The minimum Gasteiger partial charge on any atom is -0.489 e. The summed E-state index contributed by atoms with van der Waals surface area (Å²) in [4.78, 5) is 64.9. The van der Waals surface area contributed by atoms with Crippen LogP contribution in [-0.2, 0) is 50.4 Å². The standard InChI is InChI=1S/C56H56ClF4N9O8/c1-6-33-34-16-31(8-9-40(34)63-46-36(33)21-70-41(46)18-38-37(51(70)72)24-77-52(73)55(38,74)7-2)75-22-28(4)50(71)67-12-13-69(29(5)19-67)49-35-17-39(57)43(48-44(56(59,60)61)27(3)14-42(62)64-48)45(58)47(35)65-53(66-49)78-26-54(10-11-54)25-68-20-32-15-30(68)23-76-32/h8-9,14,16-18,29-30,32,74H,4,6-7,10-13,15,19-26H2,1-3,5H3,(H2,62,64)/t29-,30-,32-,55-/m0/s1. The summed E-state index contributed by atoms with van der Waals surface area (Å²) in [6, 6.07) is 9.22. The highest BCUT2D eigenvalue weighted by Gasteiger charge is 2.50. The van der Waals surface area contributed by atoms with E-state index in [1.54, 1.807) is 34.6 Å². The van der Waals surface area contributed by atoms with Crippen LogP contribution in [0.2, 0.25) is 5.02 Å². The number of aromatic nitrogens is 5. The fourth-order valence-electron chi connectivity index (χ4n) is 12.3. The molecule has 3 saturated heterocycles. The van der Waals surface area contributed by atoms with Gasteiger partial charge in [0.2, 0.25) is 0 Å². The Morgan fingerprint density at radius 2 is 1.81 bits per heavy atom. The van der Waals surface area contributed by atoms with Gasteiger partial charge in [-0.25, -0.2) is 19.2 Å². The minimum absolute atomic E-state index is 0.0302. The highest BCUT2D eigenvalue weighted by Crippen LogP contribution is 2.49. The van der Waals surface area contributed by atoms with E-state index >= 15 is 4.39 Å². The number of hydrogen-bond acceptors (Lipinski definition) is 15. The zero-order valence-electron chi connectivity index (χ0n) is 43.4. The molecule has 22 heteroatoms. The number of nitrogen functional groups attached to an aromatic ring is 1. The smallest absolute Gasteiger partial charge is 0.418 e. The van der Waals surface area contributed by atoms with Crippen molar-refractivity contribution in [1.82, 2.24) is 34.3 Å². The summed E-state index contributed by atoms with van der Waals surface area (Å²) in [5.41, 5.74) is 4.51. The molecule has 4 aromatic heterocycles. The van der Waals surface area contributed by atoms with Crippen molar-refractivity contribution in [2.24, 2.45) is 5.41 Å². The largest absolute Gasteiger partial charge is 0.489 e. The summed E-state index contributed by atoms with van der Waals surface area (Å²) in [5.74, 6) is -1.86. The molecule has 0 unspecified atom stereocenters. The molecule has 6 aromatic rings. The average molecular weight is 1090 g/mol. The second kappa shape index (κ2) is 18.9. The SMILES string of the molecule is C=C(COc1ccc2nc3c(c(CC)c2c1)Cn1c-3cc2c(c1=O)COC(=O)[C@]2(O)CC)C(=O)N1CCN(c2nc(OCC3(CN4C[C@@H]5C[C@H]4CO5)CC3)nc3c(F)c(-c4nc(N)cc(C)c4C(F)(F)F)c(Cl)cc23)[C@@H](C)C1. The van der Waals surface area contributed by atoms with Crippen LogP contribution < -0.4 is 25.7 Å². The Morgan fingerprint density at radius 3 is 2.50 bits per heavy atom. The molecule has 408 valence electrons. The van der Waals surface area contributed by atoms with Crippen LogP contribution in [0.15, 0.2) is 53.3 Å². The average Bonchev–Trinajstić information content (AvgIpc) is 3.75. The third-order valence-electron chi connectivity index (χ3n) is 16.6. The molecule has 4 atom stereocenters. The highest BCUT2D eigenvalue weighted by atomic mass is 35.5. The molecule has 1 saturated carbocycles. The maximum atomic E-state index is 17.3. The maximum Gasteiger partial charge on any atom is 0.418 e. The number of nitrogens with two attached hydrogens (primary N) is 1. The van der Waals surface area contributed by atoms with Crippen LogP contribution in [0.5, 0.6) is 11.8 Å². The van der Waals surface area contributed by atoms with Crippen molar-refractivity contribution in [2.45, 2.75) is 103 Å². The number of amides is 1. The number of aliphatic hydroxyl groups is 1. The van der Waals surface area contributed by atoms with Gasteiger partial charge >= 0.3 is 18.2 Å². The number of pyridine rings is 3. The number of halogens is 5. The quantitative estimate of drug-likeness (QED) is 0.0648. The van der Waals surface area contributed by atoms with Gasteiger partial charge in [-0.15, -0.1) is 0 Å². The minimum atomic E-state index is -4.93. The number of benzene rings is 2. The molecular weight excluding hydrogens is 1040 g/mol. The molecule has 2 bridgehead atoms. The maximum absolute atomic E-state index is 17.3. The number of rotatable bonds is 13. The molecule has 2 aromatic carbocycles. The van der Waals surface area contributed by atoms with Crippen LogP contribution in [0.1, 0.15) is 79.8 Å². The molecule has 78 heavy (non-hydrogen) atoms. The lowest BCUT2D eigenvalue weighted by Gasteiger charge is -2.41. The van der Waals surface area contributed by atoms with E-state index in [1.807, 2.05) is 24.8 Å². The summed E-state index contributed by atoms with van der Waals surface area (Å²) < 4.78 is 86.4. The number of carbonyl (C=O) groups excluding carboxylic acids is 2. The molecule has 1 amide bonds. The zero-order valence-corrected chi connectivity index (χ0v) is 44.1. The topological polar surface area (TPSA) is 201 Å². The number of hydrogen-bond donors (Lipinski definition) is 2. The Morgan fingerprint density at radius 1 is 1.01 bits per heavy atom. The molecule has 17 nitrogen and oxygen atoms in total. The first-order valence-electron chi connectivity index (χ1n) is 26.2. The van der Waals surface area contributed by atoms with Crippen LogP contribution in [0.3, 0.4) is 0 Å².